The van der Waals surface area contributed by atoms with Crippen molar-refractivity contribution in [3.05, 3.63) is 58.0 Å². The molecule has 0 saturated heterocycles. The molecule has 0 aliphatic rings. The van der Waals surface area contributed by atoms with E-state index in [9.17, 15) is 9.59 Å². The maximum Gasteiger partial charge on any atom is 0.341 e. The first-order valence-electron chi connectivity index (χ1n) is 6.21. The highest BCUT2D eigenvalue weighted by atomic mass is 16.5. The predicted octanol–water partition coefficient (Wildman–Crippen LogP) is 1.44. The van der Waals surface area contributed by atoms with E-state index in [-0.39, 0.29) is 12.1 Å². The lowest BCUT2D eigenvalue weighted by atomic mass is 10.1. The van der Waals surface area contributed by atoms with Crippen LogP contribution < -0.4 is 5.43 Å². The molecule has 2 aromatic heterocycles. The molecule has 0 unspecified atom stereocenters. The fourth-order valence-corrected chi connectivity index (χ4v) is 2.19. The van der Waals surface area contributed by atoms with Crippen molar-refractivity contribution in [1.29, 1.82) is 0 Å². The van der Waals surface area contributed by atoms with Crippen LogP contribution in [0, 0.1) is 6.92 Å². The van der Waals surface area contributed by atoms with Gasteiger partial charge in [-0.3, -0.25) is 4.79 Å². The van der Waals surface area contributed by atoms with Crippen LogP contribution in [-0.4, -0.2) is 25.8 Å². The molecule has 0 aliphatic heterocycles. The van der Waals surface area contributed by atoms with Gasteiger partial charge in [0.1, 0.15) is 5.56 Å². The van der Waals surface area contributed by atoms with Gasteiger partial charge in [0.2, 0.25) is 11.3 Å². The summed E-state index contributed by atoms with van der Waals surface area (Å²) in [6.07, 6.45) is 1.30. The summed E-state index contributed by atoms with van der Waals surface area (Å²) < 4.78 is 6.53. The summed E-state index contributed by atoms with van der Waals surface area (Å²) in [5, 5.41) is 13.3. The SMILES string of the molecule is Cc1nc(Cn2cc(C(=O)O)c(=O)c3ccccc32)no1. The first-order chi connectivity index (χ1) is 10.1. The number of carboxylic acid groups (broad SMARTS) is 1. The lowest BCUT2D eigenvalue weighted by Crippen LogP contribution is -2.19. The first-order valence-corrected chi connectivity index (χ1v) is 6.21. The van der Waals surface area contributed by atoms with Gasteiger partial charge in [-0.2, -0.15) is 4.98 Å². The summed E-state index contributed by atoms with van der Waals surface area (Å²) in [7, 11) is 0. The molecule has 1 N–H and O–H groups in total. The Bertz CT molecular complexity index is 895. The van der Waals surface area contributed by atoms with Crippen LogP contribution in [0.4, 0.5) is 0 Å². The molecule has 0 atom stereocenters. The zero-order valence-corrected chi connectivity index (χ0v) is 11.1. The van der Waals surface area contributed by atoms with Crippen molar-refractivity contribution < 1.29 is 14.4 Å². The molecule has 0 spiro atoms. The van der Waals surface area contributed by atoms with E-state index in [0.29, 0.717) is 22.6 Å². The van der Waals surface area contributed by atoms with E-state index >= 15 is 0 Å². The second-order valence-corrected chi connectivity index (χ2v) is 4.55. The van der Waals surface area contributed by atoms with E-state index in [2.05, 4.69) is 10.1 Å². The van der Waals surface area contributed by atoms with Crippen molar-refractivity contribution in [2.24, 2.45) is 0 Å². The van der Waals surface area contributed by atoms with Crippen molar-refractivity contribution in [3.8, 4) is 0 Å². The molecule has 0 amide bonds. The maximum absolute atomic E-state index is 12.1. The summed E-state index contributed by atoms with van der Waals surface area (Å²) >= 11 is 0. The van der Waals surface area contributed by atoms with Gasteiger partial charge >= 0.3 is 5.97 Å². The Balaban J connectivity index is 2.23. The van der Waals surface area contributed by atoms with Gasteiger partial charge in [0.25, 0.3) is 0 Å². The lowest BCUT2D eigenvalue weighted by molar-refractivity contribution is 0.0695. The monoisotopic (exact) mass is 285 g/mol. The van der Waals surface area contributed by atoms with Gasteiger partial charge in [-0.15, -0.1) is 0 Å². The second kappa shape index (κ2) is 4.86. The zero-order chi connectivity index (χ0) is 15.0. The third-order valence-corrected chi connectivity index (χ3v) is 3.10. The summed E-state index contributed by atoms with van der Waals surface area (Å²) in [6.45, 7) is 1.89. The number of hydrogen-bond acceptors (Lipinski definition) is 5. The highest BCUT2D eigenvalue weighted by Gasteiger charge is 2.15. The fourth-order valence-electron chi connectivity index (χ4n) is 2.19. The Kier molecular flexibility index (Phi) is 3.02. The van der Waals surface area contributed by atoms with Crippen LogP contribution in [0.15, 0.2) is 39.8 Å². The summed E-state index contributed by atoms with van der Waals surface area (Å²) in [5.74, 6) is -0.421. The molecule has 0 radical (unpaired) electrons. The van der Waals surface area contributed by atoms with Gasteiger partial charge in [-0.05, 0) is 12.1 Å². The Morgan fingerprint density at radius 1 is 1.38 bits per heavy atom. The van der Waals surface area contributed by atoms with Gasteiger partial charge in [0.05, 0.1) is 12.1 Å². The van der Waals surface area contributed by atoms with E-state index in [0.717, 1.165) is 0 Å². The number of hydrogen-bond donors (Lipinski definition) is 1. The number of benzene rings is 1. The number of fused-ring (bicyclic) bond motifs is 1. The molecule has 21 heavy (non-hydrogen) atoms. The molecule has 0 fully saturated rings. The van der Waals surface area contributed by atoms with Crippen LogP contribution in [-0.2, 0) is 6.54 Å². The molecule has 0 bridgehead atoms. The van der Waals surface area contributed by atoms with Crippen LogP contribution in [0.3, 0.4) is 0 Å². The molecule has 0 aliphatic carbocycles. The predicted molar refractivity (Wildman–Crippen MR) is 73.3 cm³/mol. The average Bonchev–Trinajstić information content (AvgIpc) is 2.87. The number of aromatic nitrogens is 3. The Labute approximate surface area is 118 Å². The van der Waals surface area contributed by atoms with Crippen molar-refractivity contribution >= 4 is 16.9 Å². The van der Waals surface area contributed by atoms with Gasteiger partial charge in [-0.25, -0.2) is 4.79 Å². The molecule has 0 saturated carbocycles. The quantitative estimate of drug-likeness (QED) is 0.781. The van der Waals surface area contributed by atoms with E-state index in [1.165, 1.54) is 6.20 Å². The smallest absolute Gasteiger partial charge is 0.341 e. The van der Waals surface area contributed by atoms with Gasteiger partial charge in [-0.1, -0.05) is 17.3 Å². The van der Waals surface area contributed by atoms with Crippen LogP contribution in [0.2, 0.25) is 0 Å². The van der Waals surface area contributed by atoms with Crippen molar-refractivity contribution in [2.45, 2.75) is 13.5 Å². The zero-order valence-electron chi connectivity index (χ0n) is 11.1. The Morgan fingerprint density at radius 2 is 2.14 bits per heavy atom. The van der Waals surface area contributed by atoms with E-state index in [1.54, 1.807) is 35.8 Å². The number of nitrogens with zero attached hydrogens (tertiary/aromatic N) is 3. The van der Waals surface area contributed by atoms with Crippen LogP contribution in [0.25, 0.3) is 10.9 Å². The highest BCUT2D eigenvalue weighted by Crippen LogP contribution is 2.13. The van der Waals surface area contributed by atoms with Crippen LogP contribution in [0.1, 0.15) is 22.1 Å². The number of aromatic carboxylic acids is 1. The summed E-state index contributed by atoms with van der Waals surface area (Å²) in [4.78, 5) is 27.4. The number of aryl methyl sites for hydroxylation is 1. The molecule has 106 valence electrons. The molecular weight excluding hydrogens is 274 g/mol. The Morgan fingerprint density at radius 3 is 2.81 bits per heavy atom. The standard InChI is InChI=1S/C14H11N3O4/c1-8-15-12(16-21-8)7-17-6-10(14(19)20)13(18)9-4-2-3-5-11(9)17/h2-6H,7H2,1H3,(H,19,20). The second-order valence-electron chi connectivity index (χ2n) is 4.55. The van der Waals surface area contributed by atoms with Crippen LogP contribution >= 0.6 is 0 Å². The highest BCUT2D eigenvalue weighted by molar-refractivity contribution is 5.92. The number of carbonyl (C=O) groups is 1. The van der Waals surface area contributed by atoms with E-state index < -0.39 is 11.4 Å². The third-order valence-electron chi connectivity index (χ3n) is 3.10. The van der Waals surface area contributed by atoms with Crippen LogP contribution in [0.5, 0.6) is 0 Å². The van der Waals surface area contributed by atoms with Gasteiger partial charge < -0.3 is 14.2 Å². The molecular formula is C14H11N3O4. The number of rotatable bonds is 3. The number of carboxylic acids is 1. The summed E-state index contributed by atoms with van der Waals surface area (Å²) in [6, 6.07) is 6.82. The van der Waals surface area contributed by atoms with Crippen molar-refractivity contribution in [1.82, 2.24) is 14.7 Å². The van der Waals surface area contributed by atoms with Gasteiger partial charge in [0, 0.05) is 18.5 Å². The minimum atomic E-state index is -1.26. The minimum Gasteiger partial charge on any atom is -0.477 e. The third kappa shape index (κ3) is 2.29. The molecule has 3 rings (SSSR count). The van der Waals surface area contributed by atoms with E-state index in [1.807, 2.05) is 0 Å². The lowest BCUT2D eigenvalue weighted by Gasteiger charge is -2.10. The molecule has 3 aromatic rings. The fraction of sp³-hybridized carbons (Fsp3) is 0.143. The number of pyridine rings is 1. The largest absolute Gasteiger partial charge is 0.477 e. The normalized spacial score (nSPS) is 10.9. The van der Waals surface area contributed by atoms with Gasteiger partial charge in [0.15, 0.2) is 5.82 Å². The first kappa shape index (κ1) is 13.0. The molecule has 7 nitrogen and oxygen atoms in total. The molecule has 1 aromatic carbocycles. The summed E-state index contributed by atoms with van der Waals surface area (Å²) in [5.41, 5.74) is -0.164. The Hall–Kier alpha value is -2.96. The molecule has 2 heterocycles. The minimum absolute atomic E-state index is 0.221. The average molecular weight is 285 g/mol. The van der Waals surface area contributed by atoms with E-state index in [4.69, 9.17) is 9.63 Å². The van der Waals surface area contributed by atoms with Crippen molar-refractivity contribution in [2.75, 3.05) is 0 Å². The number of para-hydroxylation sites is 1. The van der Waals surface area contributed by atoms with Crippen molar-refractivity contribution in [3.63, 3.8) is 0 Å². The topological polar surface area (TPSA) is 98.2 Å². The molecule has 7 heteroatoms. The maximum atomic E-state index is 12.1.